The smallest absolute Gasteiger partial charge is 0.356 e. The van der Waals surface area contributed by atoms with Gasteiger partial charge in [0, 0.05) is 6.54 Å². The first-order valence-corrected chi connectivity index (χ1v) is 3.60. The van der Waals surface area contributed by atoms with Gasteiger partial charge in [-0.05, 0) is 12.8 Å². The topological polar surface area (TPSA) is 164 Å². The number of hydroxylamine groups is 2. The first-order valence-electron chi connectivity index (χ1n) is 3.60. The van der Waals surface area contributed by atoms with Gasteiger partial charge in [0.2, 0.25) is 0 Å². The Hall–Kier alpha value is -0.770. The Labute approximate surface area is 79.6 Å². The van der Waals surface area contributed by atoms with Gasteiger partial charge in [-0.15, -0.1) is 5.06 Å². The van der Waals surface area contributed by atoms with E-state index < -0.39 is 17.8 Å². The zero-order valence-electron chi connectivity index (χ0n) is 7.34. The third kappa shape index (κ3) is 2.18. The van der Waals surface area contributed by atoms with Gasteiger partial charge in [-0.1, -0.05) is 0 Å². The fourth-order valence-electron chi connectivity index (χ4n) is 1.23. The molecule has 0 aromatic rings. The second kappa shape index (κ2) is 5.20. The molecule has 0 amide bonds. The van der Waals surface area contributed by atoms with Gasteiger partial charge in [0.05, 0.1) is 0 Å². The fraction of sp³-hybridized carbons (Fsp3) is 0.833. The summed E-state index contributed by atoms with van der Waals surface area (Å²) in [5, 5.41) is 36.2. The molecule has 2 atom stereocenters. The van der Waals surface area contributed by atoms with Gasteiger partial charge in [0.1, 0.15) is 6.10 Å². The number of carbonyl (C=O) groups is 1. The summed E-state index contributed by atoms with van der Waals surface area (Å²) < 4.78 is 0. The van der Waals surface area contributed by atoms with Crippen molar-refractivity contribution in [3.05, 3.63) is 0 Å². The molecule has 86 valence electrons. The fourth-order valence-corrected chi connectivity index (χ4v) is 1.23. The summed E-state index contributed by atoms with van der Waals surface area (Å²) in [5.74, 6) is -1.64. The van der Waals surface area contributed by atoms with Crippen LogP contribution in [0.15, 0.2) is 0 Å². The van der Waals surface area contributed by atoms with E-state index in [2.05, 4.69) is 0 Å². The minimum absolute atomic E-state index is 0. The van der Waals surface area contributed by atoms with Crippen molar-refractivity contribution < 1.29 is 36.3 Å². The molecular formula is C6H15NO7. The van der Waals surface area contributed by atoms with Crippen molar-refractivity contribution in [2.45, 2.75) is 24.7 Å². The van der Waals surface area contributed by atoms with Crippen molar-refractivity contribution in [2.24, 2.45) is 0 Å². The van der Waals surface area contributed by atoms with Crippen LogP contribution >= 0.6 is 0 Å². The summed E-state index contributed by atoms with van der Waals surface area (Å²) in [6.45, 7) is 0.0415. The Morgan fingerprint density at radius 1 is 1.43 bits per heavy atom. The largest absolute Gasteiger partial charge is 0.478 e. The van der Waals surface area contributed by atoms with Crippen LogP contribution in [-0.2, 0) is 4.79 Å². The van der Waals surface area contributed by atoms with E-state index in [-0.39, 0.29) is 29.0 Å². The minimum atomic E-state index is -2.54. The molecule has 0 aromatic heterocycles. The van der Waals surface area contributed by atoms with Gasteiger partial charge >= 0.3 is 5.97 Å². The lowest BCUT2D eigenvalue weighted by Gasteiger charge is -2.38. The SMILES string of the molecule is O.O.O=C(O)[C@@]1(O)[C@H](O)CCCN1O. The van der Waals surface area contributed by atoms with Crippen LogP contribution in [0.3, 0.4) is 0 Å². The van der Waals surface area contributed by atoms with E-state index in [0.29, 0.717) is 6.42 Å². The number of aliphatic hydroxyl groups is 2. The zero-order chi connectivity index (χ0) is 9.35. The number of carboxylic acids is 1. The molecule has 1 heterocycles. The Balaban J connectivity index is 0. The van der Waals surface area contributed by atoms with Gasteiger partial charge in [0.15, 0.2) is 0 Å². The highest BCUT2D eigenvalue weighted by Gasteiger charge is 2.51. The summed E-state index contributed by atoms with van der Waals surface area (Å²) >= 11 is 0. The molecule has 0 bridgehead atoms. The van der Waals surface area contributed by atoms with Crippen LogP contribution < -0.4 is 0 Å². The molecule has 1 aliphatic heterocycles. The highest BCUT2D eigenvalue weighted by atomic mass is 16.6. The molecular weight excluding hydrogens is 198 g/mol. The molecule has 8 heteroatoms. The Morgan fingerprint density at radius 2 is 1.93 bits per heavy atom. The van der Waals surface area contributed by atoms with E-state index in [0.717, 1.165) is 0 Å². The Bertz CT molecular complexity index is 187. The van der Waals surface area contributed by atoms with Crippen LogP contribution in [0.2, 0.25) is 0 Å². The molecule has 1 aliphatic rings. The number of carboxylic acid groups (broad SMARTS) is 1. The minimum Gasteiger partial charge on any atom is -0.478 e. The van der Waals surface area contributed by atoms with Gasteiger partial charge in [-0.25, -0.2) is 4.79 Å². The number of piperidine rings is 1. The van der Waals surface area contributed by atoms with Crippen molar-refractivity contribution in [1.82, 2.24) is 5.06 Å². The summed E-state index contributed by atoms with van der Waals surface area (Å²) in [6, 6.07) is 0. The average molecular weight is 213 g/mol. The lowest BCUT2D eigenvalue weighted by molar-refractivity contribution is -0.303. The van der Waals surface area contributed by atoms with E-state index in [1.54, 1.807) is 0 Å². The molecule has 1 saturated heterocycles. The normalized spacial score (nSPS) is 32.6. The predicted molar refractivity (Wildman–Crippen MR) is 43.5 cm³/mol. The molecule has 1 fully saturated rings. The maximum absolute atomic E-state index is 10.5. The monoisotopic (exact) mass is 213 g/mol. The summed E-state index contributed by atoms with van der Waals surface area (Å²) in [7, 11) is 0. The van der Waals surface area contributed by atoms with E-state index >= 15 is 0 Å². The van der Waals surface area contributed by atoms with Gasteiger partial charge in [-0.3, -0.25) is 0 Å². The van der Waals surface area contributed by atoms with E-state index in [1.807, 2.05) is 0 Å². The first kappa shape index (κ1) is 15.7. The average Bonchev–Trinajstić information content (AvgIpc) is 1.99. The molecule has 1 rings (SSSR count). The first-order chi connectivity index (χ1) is 5.49. The van der Waals surface area contributed by atoms with Crippen LogP contribution in [0.5, 0.6) is 0 Å². The maximum Gasteiger partial charge on any atom is 0.356 e. The molecule has 8 nitrogen and oxygen atoms in total. The number of nitrogens with zero attached hydrogens (tertiary/aromatic N) is 1. The van der Waals surface area contributed by atoms with Crippen LogP contribution in [0, 0.1) is 0 Å². The van der Waals surface area contributed by atoms with Crippen LogP contribution in [-0.4, -0.2) is 60.9 Å². The second-order valence-corrected chi connectivity index (χ2v) is 2.81. The van der Waals surface area contributed by atoms with Crippen LogP contribution in [0.4, 0.5) is 0 Å². The van der Waals surface area contributed by atoms with Crippen molar-refractivity contribution in [2.75, 3.05) is 6.54 Å². The predicted octanol–water partition coefficient (Wildman–Crippen LogP) is -3.04. The molecule has 0 unspecified atom stereocenters. The Kier molecular flexibility index (Phi) is 5.82. The van der Waals surface area contributed by atoms with Gasteiger partial charge < -0.3 is 31.5 Å². The quantitative estimate of drug-likeness (QED) is 0.361. The lowest BCUT2D eigenvalue weighted by Crippen LogP contribution is -2.63. The van der Waals surface area contributed by atoms with Crippen molar-refractivity contribution >= 4 is 5.97 Å². The summed E-state index contributed by atoms with van der Waals surface area (Å²) in [4.78, 5) is 10.5. The molecule has 0 saturated carbocycles. The van der Waals surface area contributed by atoms with Crippen LogP contribution in [0.1, 0.15) is 12.8 Å². The third-order valence-corrected chi connectivity index (χ3v) is 2.02. The number of hydrogen-bond donors (Lipinski definition) is 4. The van der Waals surface area contributed by atoms with Gasteiger partial charge in [-0.2, -0.15) is 0 Å². The van der Waals surface area contributed by atoms with Gasteiger partial charge in [0.25, 0.3) is 5.72 Å². The number of aliphatic carboxylic acids is 1. The zero-order valence-corrected chi connectivity index (χ0v) is 7.34. The summed E-state index contributed by atoms with van der Waals surface area (Å²) in [6.07, 6.45) is -0.832. The molecule has 8 N–H and O–H groups in total. The standard InChI is InChI=1S/C6H11NO5.2H2O/c8-4-2-1-3-7(12)6(4,11)5(9)10;;/h4,8,11-12H,1-3H2,(H,9,10);2*1H2/t4-,6+;;/m1../s1. The highest BCUT2D eigenvalue weighted by Crippen LogP contribution is 2.24. The molecule has 0 aliphatic carbocycles. The number of aliphatic hydroxyl groups excluding tert-OH is 1. The van der Waals surface area contributed by atoms with Crippen molar-refractivity contribution in [3.63, 3.8) is 0 Å². The van der Waals surface area contributed by atoms with E-state index in [9.17, 15) is 9.90 Å². The maximum atomic E-state index is 10.5. The molecule has 0 radical (unpaired) electrons. The molecule has 14 heavy (non-hydrogen) atoms. The Morgan fingerprint density at radius 3 is 2.21 bits per heavy atom. The summed E-state index contributed by atoms with van der Waals surface area (Å²) in [5.41, 5.74) is -2.54. The lowest BCUT2D eigenvalue weighted by atomic mass is 9.97. The van der Waals surface area contributed by atoms with Crippen molar-refractivity contribution in [1.29, 1.82) is 0 Å². The highest BCUT2D eigenvalue weighted by molar-refractivity contribution is 5.77. The van der Waals surface area contributed by atoms with Crippen molar-refractivity contribution in [3.8, 4) is 0 Å². The molecule has 0 aromatic carbocycles. The molecule has 0 spiro atoms. The van der Waals surface area contributed by atoms with E-state index in [4.69, 9.17) is 15.4 Å². The number of rotatable bonds is 1. The number of hydrogen-bond acceptors (Lipinski definition) is 5. The third-order valence-electron chi connectivity index (χ3n) is 2.02. The second-order valence-electron chi connectivity index (χ2n) is 2.81. The van der Waals surface area contributed by atoms with E-state index in [1.165, 1.54) is 0 Å². The van der Waals surface area contributed by atoms with Crippen LogP contribution in [0.25, 0.3) is 0 Å².